The highest BCUT2D eigenvalue weighted by atomic mass is 16.2. The van der Waals surface area contributed by atoms with E-state index in [1.54, 1.807) is 49.5 Å². The highest BCUT2D eigenvalue weighted by Gasteiger charge is 2.20. The second kappa shape index (κ2) is 7.59. The van der Waals surface area contributed by atoms with Crippen molar-refractivity contribution in [1.82, 2.24) is 4.90 Å². The Morgan fingerprint density at radius 2 is 1.54 bits per heavy atom. The molecule has 0 heterocycles. The molecule has 0 saturated carbocycles. The largest absolute Gasteiger partial charge is 0.383 e. The number of anilines is 1. The Kier molecular flexibility index (Phi) is 5.53. The summed E-state index contributed by atoms with van der Waals surface area (Å²) < 4.78 is 0. The molecule has 24 heavy (non-hydrogen) atoms. The van der Waals surface area contributed by atoms with Gasteiger partial charge in [0.1, 0.15) is 5.57 Å². The van der Waals surface area contributed by atoms with E-state index in [1.165, 1.54) is 0 Å². The lowest BCUT2D eigenvalue weighted by Crippen LogP contribution is -2.23. The van der Waals surface area contributed by atoms with Crippen molar-refractivity contribution in [2.75, 3.05) is 19.4 Å². The molecule has 0 aliphatic heterocycles. The number of nitrogens with one attached hydrogen (secondary N) is 1. The van der Waals surface area contributed by atoms with Gasteiger partial charge in [-0.15, -0.1) is 0 Å². The number of carbonyl (C=O) groups excluding carboxylic acids is 2. The van der Waals surface area contributed by atoms with Crippen LogP contribution in [0.1, 0.15) is 21.5 Å². The Morgan fingerprint density at radius 1 is 0.958 bits per heavy atom. The maximum Gasteiger partial charge on any atom is 0.261 e. The monoisotopic (exact) mass is 322 g/mol. The van der Waals surface area contributed by atoms with E-state index in [4.69, 9.17) is 0 Å². The molecule has 1 amide bonds. The molecular weight excluding hydrogens is 300 g/mol. The molecular formula is C20H22N2O2. The Labute approximate surface area is 142 Å². The molecule has 2 aromatic rings. The van der Waals surface area contributed by atoms with Crippen molar-refractivity contribution in [2.45, 2.75) is 13.8 Å². The first kappa shape index (κ1) is 17.5. The average molecular weight is 322 g/mol. The molecule has 0 saturated heterocycles. The van der Waals surface area contributed by atoms with Crippen LogP contribution in [0.5, 0.6) is 0 Å². The van der Waals surface area contributed by atoms with Crippen molar-refractivity contribution in [3.63, 3.8) is 0 Å². The second-order valence-electron chi connectivity index (χ2n) is 6.03. The summed E-state index contributed by atoms with van der Waals surface area (Å²) >= 11 is 0. The number of rotatable bonds is 5. The molecule has 4 nitrogen and oxygen atoms in total. The van der Waals surface area contributed by atoms with E-state index in [-0.39, 0.29) is 11.4 Å². The van der Waals surface area contributed by atoms with Crippen molar-refractivity contribution >= 4 is 17.4 Å². The van der Waals surface area contributed by atoms with Crippen LogP contribution in [0.15, 0.2) is 60.3 Å². The van der Waals surface area contributed by atoms with Crippen LogP contribution in [-0.2, 0) is 4.79 Å². The van der Waals surface area contributed by atoms with Crippen LogP contribution in [0.4, 0.5) is 5.69 Å². The fraction of sp³-hybridized carbons (Fsp3) is 0.200. The van der Waals surface area contributed by atoms with Crippen LogP contribution >= 0.6 is 0 Å². The third-order valence-corrected chi connectivity index (χ3v) is 3.39. The first-order valence-corrected chi connectivity index (χ1v) is 7.74. The highest BCUT2D eigenvalue weighted by molar-refractivity contribution is 6.28. The van der Waals surface area contributed by atoms with Gasteiger partial charge in [0.15, 0.2) is 5.78 Å². The predicted octanol–water partition coefficient (Wildman–Crippen LogP) is 3.57. The highest BCUT2D eigenvalue weighted by Crippen LogP contribution is 2.16. The number of benzene rings is 2. The lowest BCUT2D eigenvalue weighted by molar-refractivity contribution is -0.112. The topological polar surface area (TPSA) is 49.4 Å². The van der Waals surface area contributed by atoms with Crippen molar-refractivity contribution in [1.29, 1.82) is 0 Å². The van der Waals surface area contributed by atoms with Gasteiger partial charge in [0.25, 0.3) is 5.91 Å². The number of Topliss-reactive ketones (excluding diaryl/α,β-unsaturated/α-hetero) is 1. The van der Waals surface area contributed by atoms with Gasteiger partial charge < -0.3 is 10.2 Å². The maximum absolute atomic E-state index is 12.7. The zero-order chi connectivity index (χ0) is 17.7. The summed E-state index contributed by atoms with van der Waals surface area (Å²) in [6, 6.07) is 14.6. The lowest BCUT2D eigenvalue weighted by Gasteiger charge is -2.13. The number of hydrogen-bond donors (Lipinski definition) is 1. The van der Waals surface area contributed by atoms with E-state index in [2.05, 4.69) is 5.32 Å². The molecule has 124 valence electrons. The lowest BCUT2D eigenvalue weighted by atomic mass is 10.0. The van der Waals surface area contributed by atoms with Gasteiger partial charge in [-0.1, -0.05) is 36.4 Å². The zero-order valence-electron chi connectivity index (χ0n) is 14.5. The Hall–Kier alpha value is -2.88. The van der Waals surface area contributed by atoms with Gasteiger partial charge in [-0.05, 0) is 37.1 Å². The summed E-state index contributed by atoms with van der Waals surface area (Å²) in [4.78, 5) is 27.0. The number of carbonyl (C=O) groups is 2. The van der Waals surface area contributed by atoms with Crippen LogP contribution in [-0.4, -0.2) is 30.7 Å². The first-order valence-electron chi connectivity index (χ1n) is 7.74. The minimum Gasteiger partial charge on any atom is -0.383 e. The number of nitrogens with zero attached hydrogens (tertiary/aromatic N) is 1. The van der Waals surface area contributed by atoms with E-state index in [0.29, 0.717) is 11.3 Å². The molecule has 0 aliphatic carbocycles. The molecule has 0 fully saturated rings. The Morgan fingerprint density at radius 3 is 2.08 bits per heavy atom. The third kappa shape index (κ3) is 4.56. The van der Waals surface area contributed by atoms with Gasteiger partial charge in [-0.3, -0.25) is 9.59 Å². The number of hydrogen-bond acceptors (Lipinski definition) is 3. The number of aryl methyl sites for hydroxylation is 2. The number of amides is 1. The van der Waals surface area contributed by atoms with Gasteiger partial charge in [-0.25, -0.2) is 0 Å². The molecule has 0 atom stereocenters. The van der Waals surface area contributed by atoms with Crippen LogP contribution in [0.2, 0.25) is 0 Å². The van der Waals surface area contributed by atoms with Gasteiger partial charge in [0.05, 0.1) is 0 Å². The molecule has 0 unspecified atom stereocenters. The first-order chi connectivity index (χ1) is 11.4. The summed E-state index contributed by atoms with van der Waals surface area (Å²) in [5.41, 5.74) is 3.38. The third-order valence-electron chi connectivity index (χ3n) is 3.39. The standard InChI is InChI=1S/C20H22N2O2/c1-14-10-15(2)12-17(11-14)21-20(24)18(13-22(3)4)19(23)16-8-6-5-7-9-16/h5-13H,1-4H3,(H,21,24)/b18-13+. The van der Waals surface area contributed by atoms with Crippen LogP contribution in [0.3, 0.4) is 0 Å². The van der Waals surface area contributed by atoms with Gasteiger partial charge in [0, 0.05) is 31.5 Å². The summed E-state index contributed by atoms with van der Waals surface area (Å²) in [6.07, 6.45) is 1.55. The van der Waals surface area contributed by atoms with E-state index >= 15 is 0 Å². The molecule has 0 aliphatic rings. The molecule has 1 N–H and O–H groups in total. The van der Waals surface area contributed by atoms with Crippen molar-refractivity contribution in [3.8, 4) is 0 Å². The van der Waals surface area contributed by atoms with E-state index in [1.807, 2.05) is 38.1 Å². The van der Waals surface area contributed by atoms with E-state index in [0.717, 1.165) is 11.1 Å². The van der Waals surface area contributed by atoms with Gasteiger partial charge in [0.2, 0.25) is 0 Å². The molecule has 4 heteroatoms. The second-order valence-corrected chi connectivity index (χ2v) is 6.03. The molecule has 2 aromatic carbocycles. The van der Waals surface area contributed by atoms with Crippen molar-refractivity contribution in [3.05, 3.63) is 77.0 Å². The molecule has 0 aromatic heterocycles. The minimum atomic E-state index is -0.414. The van der Waals surface area contributed by atoms with E-state index < -0.39 is 5.91 Å². The van der Waals surface area contributed by atoms with Gasteiger partial charge >= 0.3 is 0 Å². The van der Waals surface area contributed by atoms with Crippen molar-refractivity contribution in [2.24, 2.45) is 0 Å². The zero-order valence-corrected chi connectivity index (χ0v) is 14.5. The average Bonchev–Trinajstić information content (AvgIpc) is 2.51. The summed E-state index contributed by atoms with van der Waals surface area (Å²) in [5, 5.41) is 2.82. The molecule has 2 rings (SSSR count). The summed E-state index contributed by atoms with van der Waals surface area (Å²) in [7, 11) is 3.56. The number of ketones is 1. The van der Waals surface area contributed by atoms with Crippen molar-refractivity contribution < 1.29 is 9.59 Å². The van der Waals surface area contributed by atoms with Gasteiger partial charge in [-0.2, -0.15) is 0 Å². The van der Waals surface area contributed by atoms with Crippen LogP contribution in [0.25, 0.3) is 0 Å². The molecule has 0 bridgehead atoms. The fourth-order valence-electron chi connectivity index (χ4n) is 2.47. The molecule has 0 spiro atoms. The minimum absolute atomic E-state index is 0.102. The van der Waals surface area contributed by atoms with E-state index in [9.17, 15) is 9.59 Å². The SMILES string of the molecule is Cc1cc(C)cc(NC(=O)/C(=C/N(C)C)C(=O)c2ccccc2)c1. The van der Waals surface area contributed by atoms with Crippen LogP contribution < -0.4 is 5.32 Å². The fourth-order valence-corrected chi connectivity index (χ4v) is 2.47. The Balaban J connectivity index is 2.31. The smallest absolute Gasteiger partial charge is 0.261 e. The van der Waals surface area contributed by atoms with Crippen LogP contribution in [0, 0.1) is 13.8 Å². The maximum atomic E-state index is 12.7. The quantitative estimate of drug-likeness (QED) is 0.396. The normalized spacial score (nSPS) is 11.1. The summed E-state index contributed by atoms with van der Waals surface area (Å²) in [6.45, 7) is 3.93. The predicted molar refractivity (Wildman–Crippen MR) is 97.1 cm³/mol. The molecule has 0 radical (unpaired) electrons. The summed E-state index contributed by atoms with van der Waals surface area (Å²) in [5.74, 6) is -0.714. The Bertz CT molecular complexity index is 757.